The number of aliphatic hydroxyl groups excluding tert-OH is 1. The van der Waals surface area contributed by atoms with Gasteiger partial charge in [0.2, 0.25) is 0 Å². The average Bonchev–Trinajstić information content (AvgIpc) is 2.62. The zero-order chi connectivity index (χ0) is 16.9. The van der Waals surface area contributed by atoms with E-state index in [-0.39, 0.29) is 6.10 Å². The number of benzene rings is 1. The third-order valence-corrected chi connectivity index (χ3v) is 6.64. The van der Waals surface area contributed by atoms with E-state index in [1.54, 1.807) is 7.11 Å². The van der Waals surface area contributed by atoms with Gasteiger partial charge in [-0.05, 0) is 86.3 Å². The molecule has 3 unspecified atom stereocenters. The molecular weight excluding hydrogens is 296 g/mol. The summed E-state index contributed by atoms with van der Waals surface area (Å²) < 4.78 is 5.26. The van der Waals surface area contributed by atoms with Crippen molar-refractivity contribution in [3.63, 3.8) is 0 Å². The molecule has 3 rings (SSSR count). The van der Waals surface area contributed by atoms with E-state index >= 15 is 0 Å². The van der Waals surface area contributed by atoms with Crippen LogP contribution in [0.2, 0.25) is 0 Å². The zero-order valence-corrected chi connectivity index (χ0v) is 15.4. The van der Waals surface area contributed by atoms with Crippen molar-refractivity contribution >= 4 is 0 Å². The molecule has 2 nitrogen and oxygen atoms in total. The standard InChI is InChI=1S/C22H34O2/c1-3-4-16-5-14-21(22(23)15-16)19-8-6-17(7-9-19)18-10-12-20(24-2)13-11-18/h10-13,16-17,19,21-23H,3-9,14-15H2,1-2H3. The molecule has 0 radical (unpaired) electrons. The van der Waals surface area contributed by atoms with Gasteiger partial charge in [0.05, 0.1) is 13.2 Å². The van der Waals surface area contributed by atoms with Crippen LogP contribution in [0, 0.1) is 17.8 Å². The summed E-state index contributed by atoms with van der Waals surface area (Å²) in [5.74, 6) is 3.73. The Hall–Kier alpha value is -1.02. The predicted octanol–water partition coefficient (Wildman–Crippen LogP) is 5.55. The van der Waals surface area contributed by atoms with Crippen molar-refractivity contribution in [2.45, 2.75) is 76.7 Å². The molecular formula is C22H34O2. The third kappa shape index (κ3) is 4.14. The first-order chi connectivity index (χ1) is 11.7. The summed E-state index contributed by atoms with van der Waals surface area (Å²) in [4.78, 5) is 0. The van der Waals surface area contributed by atoms with Gasteiger partial charge in [-0.25, -0.2) is 0 Å². The zero-order valence-electron chi connectivity index (χ0n) is 15.4. The molecule has 2 aliphatic rings. The number of methoxy groups -OCH3 is 1. The number of aliphatic hydroxyl groups is 1. The largest absolute Gasteiger partial charge is 0.497 e. The van der Waals surface area contributed by atoms with Crippen molar-refractivity contribution in [2.75, 3.05) is 7.11 Å². The van der Waals surface area contributed by atoms with Crippen LogP contribution < -0.4 is 4.74 Å². The molecule has 0 bridgehead atoms. The molecule has 2 aliphatic carbocycles. The highest BCUT2D eigenvalue weighted by atomic mass is 16.5. The van der Waals surface area contributed by atoms with Crippen molar-refractivity contribution in [3.05, 3.63) is 29.8 Å². The molecule has 2 heteroatoms. The summed E-state index contributed by atoms with van der Waals surface area (Å²) in [5.41, 5.74) is 1.46. The Balaban J connectivity index is 1.51. The van der Waals surface area contributed by atoms with Gasteiger partial charge in [0.1, 0.15) is 5.75 Å². The van der Waals surface area contributed by atoms with Gasteiger partial charge in [0, 0.05) is 0 Å². The number of hydrogen-bond acceptors (Lipinski definition) is 2. The van der Waals surface area contributed by atoms with Crippen LogP contribution in [0.3, 0.4) is 0 Å². The fraction of sp³-hybridized carbons (Fsp3) is 0.727. The molecule has 1 aromatic rings. The highest BCUT2D eigenvalue weighted by molar-refractivity contribution is 5.29. The maximum atomic E-state index is 10.6. The van der Waals surface area contributed by atoms with Crippen LogP contribution in [0.5, 0.6) is 5.75 Å². The lowest BCUT2D eigenvalue weighted by molar-refractivity contribution is 0.00261. The van der Waals surface area contributed by atoms with Crippen LogP contribution in [0.25, 0.3) is 0 Å². The lowest BCUT2D eigenvalue weighted by Gasteiger charge is -2.41. The van der Waals surface area contributed by atoms with Crippen molar-refractivity contribution in [1.29, 1.82) is 0 Å². The molecule has 0 aliphatic heterocycles. The van der Waals surface area contributed by atoms with Crippen molar-refractivity contribution in [3.8, 4) is 5.75 Å². The first-order valence-electron chi connectivity index (χ1n) is 10.0. The van der Waals surface area contributed by atoms with Gasteiger partial charge in [-0.2, -0.15) is 0 Å². The van der Waals surface area contributed by atoms with Gasteiger partial charge in [0.25, 0.3) is 0 Å². The SMILES string of the molecule is CCCC1CCC(C2CCC(c3ccc(OC)cc3)CC2)C(O)C1. The summed E-state index contributed by atoms with van der Waals surface area (Å²) in [7, 11) is 1.72. The molecule has 1 aromatic carbocycles. The van der Waals surface area contributed by atoms with Crippen LogP contribution in [0.4, 0.5) is 0 Å². The summed E-state index contributed by atoms with van der Waals surface area (Å²) in [6.45, 7) is 2.26. The molecule has 0 spiro atoms. The Morgan fingerprint density at radius 3 is 2.29 bits per heavy atom. The molecule has 2 saturated carbocycles. The topological polar surface area (TPSA) is 29.5 Å². The smallest absolute Gasteiger partial charge is 0.118 e. The first kappa shape index (κ1) is 17.8. The third-order valence-electron chi connectivity index (χ3n) is 6.64. The second-order valence-corrected chi connectivity index (χ2v) is 8.08. The van der Waals surface area contributed by atoms with Crippen molar-refractivity contribution in [2.24, 2.45) is 17.8 Å². The predicted molar refractivity (Wildman–Crippen MR) is 99.4 cm³/mol. The summed E-state index contributed by atoms with van der Waals surface area (Å²) >= 11 is 0. The van der Waals surface area contributed by atoms with Crippen molar-refractivity contribution < 1.29 is 9.84 Å². The van der Waals surface area contributed by atoms with E-state index in [4.69, 9.17) is 4.74 Å². The minimum absolute atomic E-state index is 0.0437. The van der Waals surface area contributed by atoms with Gasteiger partial charge in [-0.15, -0.1) is 0 Å². The van der Waals surface area contributed by atoms with E-state index in [0.29, 0.717) is 11.8 Å². The minimum atomic E-state index is -0.0437. The lowest BCUT2D eigenvalue weighted by Crippen LogP contribution is -2.36. The Morgan fingerprint density at radius 2 is 1.71 bits per heavy atom. The van der Waals surface area contributed by atoms with Crippen LogP contribution in [0.1, 0.15) is 76.2 Å². The van der Waals surface area contributed by atoms with Crippen LogP contribution in [0.15, 0.2) is 24.3 Å². The van der Waals surface area contributed by atoms with Gasteiger partial charge in [-0.3, -0.25) is 0 Å². The molecule has 0 saturated heterocycles. The molecule has 1 N–H and O–H groups in total. The fourth-order valence-corrected chi connectivity index (χ4v) is 5.23. The van der Waals surface area contributed by atoms with E-state index in [9.17, 15) is 5.11 Å². The molecule has 24 heavy (non-hydrogen) atoms. The summed E-state index contributed by atoms with van der Waals surface area (Å²) in [6, 6.07) is 8.63. The quantitative estimate of drug-likeness (QED) is 0.767. The maximum Gasteiger partial charge on any atom is 0.118 e. The van der Waals surface area contributed by atoms with E-state index in [2.05, 4.69) is 31.2 Å². The number of ether oxygens (including phenoxy) is 1. The number of rotatable bonds is 5. The van der Waals surface area contributed by atoms with E-state index < -0.39 is 0 Å². The van der Waals surface area contributed by atoms with Crippen LogP contribution in [-0.2, 0) is 0 Å². The number of hydrogen-bond donors (Lipinski definition) is 1. The highest BCUT2D eigenvalue weighted by Gasteiger charge is 2.36. The Bertz CT molecular complexity index is 487. The average molecular weight is 331 g/mol. The lowest BCUT2D eigenvalue weighted by atomic mass is 9.67. The molecule has 0 amide bonds. The minimum Gasteiger partial charge on any atom is -0.497 e. The fourth-order valence-electron chi connectivity index (χ4n) is 5.23. The van der Waals surface area contributed by atoms with Gasteiger partial charge in [0.15, 0.2) is 0 Å². The molecule has 134 valence electrons. The van der Waals surface area contributed by atoms with E-state index in [0.717, 1.165) is 24.0 Å². The van der Waals surface area contributed by atoms with Gasteiger partial charge >= 0.3 is 0 Å². The van der Waals surface area contributed by atoms with Crippen LogP contribution >= 0.6 is 0 Å². The second kappa shape index (κ2) is 8.38. The molecule has 2 fully saturated rings. The van der Waals surface area contributed by atoms with Gasteiger partial charge in [-0.1, -0.05) is 31.9 Å². The monoisotopic (exact) mass is 330 g/mol. The highest BCUT2D eigenvalue weighted by Crippen LogP contribution is 2.44. The van der Waals surface area contributed by atoms with Crippen molar-refractivity contribution in [1.82, 2.24) is 0 Å². The maximum absolute atomic E-state index is 10.6. The Morgan fingerprint density at radius 1 is 1.00 bits per heavy atom. The molecule has 3 atom stereocenters. The Labute approximate surface area is 147 Å². The molecule has 0 heterocycles. The van der Waals surface area contributed by atoms with E-state index in [1.165, 1.54) is 56.9 Å². The molecule has 0 aromatic heterocycles. The van der Waals surface area contributed by atoms with Gasteiger partial charge < -0.3 is 9.84 Å². The summed E-state index contributed by atoms with van der Waals surface area (Å²) in [6.07, 6.45) is 11.3. The normalized spacial score (nSPS) is 34.0. The van der Waals surface area contributed by atoms with Crippen LogP contribution in [-0.4, -0.2) is 18.3 Å². The van der Waals surface area contributed by atoms with E-state index in [1.807, 2.05) is 0 Å². The Kier molecular flexibility index (Phi) is 6.21. The summed E-state index contributed by atoms with van der Waals surface area (Å²) in [5, 5.41) is 10.6. The second-order valence-electron chi connectivity index (χ2n) is 8.08. The first-order valence-corrected chi connectivity index (χ1v) is 10.0.